The molecule has 0 N–H and O–H groups in total. The fourth-order valence-electron chi connectivity index (χ4n) is 1.37. The number of hydrogen-bond acceptors (Lipinski definition) is 2. The molecule has 17 heavy (non-hydrogen) atoms. The van der Waals surface area contributed by atoms with Crippen molar-refractivity contribution in [3.63, 3.8) is 0 Å². The smallest absolute Gasteiger partial charge is 1.00 e. The Labute approximate surface area is 136 Å². The summed E-state index contributed by atoms with van der Waals surface area (Å²) in [4.78, 5) is 8.84. The van der Waals surface area contributed by atoms with Gasteiger partial charge in [0.15, 0.2) is 0 Å². The number of nitrogens with zero attached hydrogens (tertiary/aromatic N) is 2. The molecule has 2 aromatic rings. The zero-order chi connectivity index (χ0) is 9.97. The SMILES string of the molecule is Cc1cccc(-c2cccc(C)n2)n1.[Br-].[Br-].[Pd+2]. The van der Waals surface area contributed by atoms with Crippen molar-refractivity contribution in [2.75, 3.05) is 0 Å². The Morgan fingerprint density at radius 3 is 1.35 bits per heavy atom. The molecule has 94 valence electrons. The fraction of sp³-hybridized carbons (Fsp3) is 0.167. The average Bonchev–Trinajstić information content (AvgIpc) is 2.18. The van der Waals surface area contributed by atoms with Gasteiger partial charge >= 0.3 is 20.4 Å². The molecule has 2 nitrogen and oxygen atoms in total. The maximum absolute atomic E-state index is 4.42. The van der Waals surface area contributed by atoms with E-state index in [9.17, 15) is 0 Å². The van der Waals surface area contributed by atoms with E-state index in [1.807, 2.05) is 50.2 Å². The minimum absolute atomic E-state index is 0. The van der Waals surface area contributed by atoms with Gasteiger partial charge < -0.3 is 34.0 Å². The first kappa shape index (κ1) is 19.3. The summed E-state index contributed by atoms with van der Waals surface area (Å²) in [5, 5.41) is 0. The zero-order valence-corrected chi connectivity index (χ0v) is 14.2. The summed E-state index contributed by atoms with van der Waals surface area (Å²) in [6.07, 6.45) is 0. The van der Waals surface area contributed by atoms with Crippen molar-refractivity contribution in [1.82, 2.24) is 9.97 Å². The first-order chi connectivity index (χ1) is 6.75. The summed E-state index contributed by atoms with van der Waals surface area (Å²) in [5.41, 5.74) is 3.92. The maximum Gasteiger partial charge on any atom is 2.00 e. The van der Waals surface area contributed by atoms with E-state index < -0.39 is 0 Å². The van der Waals surface area contributed by atoms with E-state index in [4.69, 9.17) is 0 Å². The molecule has 0 bridgehead atoms. The van der Waals surface area contributed by atoms with Crippen LogP contribution in [0, 0.1) is 13.8 Å². The molecule has 0 fully saturated rings. The van der Waals surface area contributed by atoms with Gasteiger partial charge in [0.05, 0.1) is 11.4 Å². The summed E-state index contributed by atoms with van der Waals surface area (Å²) in [6.45, 7) is 3.97. The van der Waals surface area contributed by atoms with E-state index in [2.05, 4.69) is 9.97 Å². The number of halogens is 2. The molecular weight excluding hydrogens is 438 g/mol. The molecule has 0 saturated carbocycles. The molecule has 5 heteroatoms. The van der Waals surface area contributed by atoms with Crippen LogP contribution in [0.1, 0.15) is 11.4 Å². The van der Waals surface area contributed by atoms with Crippen LogP contribution in [0.3, 0.4) is 0 Å². The van der Waals surface area contributed by atoms with Gasteiger partial charge in [-0.15, -0.1) is 0 Å². The van der Waals surface area contributed by atoms with Crippen LogP contribution in [0.5, 0.6) is 0 Å². The molecule has 0 atom stereocenters. The Morgan fingerprint density at radius 1 is 0.706 bits per heavy atom. The van der Waals surface area contributed by atoms with E-state index in [0.717, 1.165) is 22.8 Å². The van der Waals surface area contributed by atoms with Crippen LogP contribution in [-0.2, 0) is 20.4 Å². The zero-order valence-electron chi connectivity index (χ0n) is 9.43. The second-order valence-corrected chi connectivity index (χ2v) is 3.33. The molecule has 2 heterocycles. The van der Waals surface area contributed by atoms with Crippen LogP contribution < -0.4 is 34.0 Å². The van der Waals surface area contributed by atoms with Crippen molar-refractivity contribution in [3.8, 4) is 11.4 Å². The van der Waals surface area contributed by atoms with Gasteiger partial charge in [0.25, 0.3) is 0 Å². The third kappa shape index (κ3) is 5.39. The minimum Gasteiger partial charge on any atom is -1.00 e. The largest absolute Gasteiger partial charge is 2.00 e. The van der Waals surface area contributed by atoms with E-state index in [-0.39, 0.29) is 54.4 Å². The third-order valence-electron chi connectivity index (χ3n) is 2.04. The molecule has 0 aliphatic carbocycles. The summed E-state index contributed by atoms with van der Waals surface area (Å²) in [7, 11) is 0. The fourth-order valence-corrected chi connectivity index (χ4v) is 1.37. The van der Waals surface area contributed by atoms with Crippen molar-refractivity contribution in [2.24, 2.45) is 0 Å². The topological polar surface area (TPSA) is 25.8 Å². The van der Waals surface area contributed by atoms with Gasteiger partial charge in [0.2, 0.25) is 0 Å². The standard InChI is InChI=1S/C12H12N2.2BrH.Pd/c1-9-5-3-7-11(13-9)12-8-4-6-10(2)14-12;;;/h3-8H,1-2H3;2*1H;/q;;;+2/p-2. The van der Waals surface area contributed by atoms with Crippen molar-refractivity contribution >= 4 is 0 Å². The van der Waals surface area contributed by atoms with Crippen LogP contribution in [0.25, 0.3) is 11.4 Å². The van der Waals surface area contributed by atoms with Crippen LogP contribution in [-0.4, -0.2) is 9.97 Å². The van der Waals surface area contributed by atoms with Gasteiger partial charge in [0, 0.05) is 11.4 Å². The Bertz CT molecular complexity index is 420. The maximum atomic E-state index is 4.42. The molecule has 0 unspecified atom stereocenters. The Balaban J connectivity index is 0. The van der Waals surface area contributed by atoms with Crippen LogP contribution in [0.4, 0.5) is 0 Å². The minimum atomic E-state index is 0. The summed E-state index contributed by atoms with van der Waals surface area (Å²) < 4.78 is 0. The van der Waals surface area contributed by atoms with Gasteiger partial charge in [-0.05, 0) is 38.1 Å². The van der Waals surface area contributed by atoms with Crippen LogP contribution in [0.15, 0.2) is 36.4 Å². The van der Waals surface area contributed by atoms with Crippen LogP contribution in [0.2, 0.25) is 0 Å². The molecule has 2 rings (SSSR count). The second-order valence-electron chi connectivity index (χ2n) is 3.33. The van der Waals surface area contributed by atoms with Crippen molar-refractivity contribution < 1.29 is 54.4 Å². The van der Waals surface area contributed by atoms with Gasteiger partial charge in [0.1, 0.15) is 0 Å². The van der Waals surface area contributed by atoms with Gasteiger partial charge in [-0.1, -0.05) is 12.1 Å². The molecule has 0 spiro atoms. The van der Waals surface area contributed by atoms with Gasteiger partial charge in [-0.25, -0.2) is 0 Å². The molecular formula is C12H12Br2N2Pd. The first-order valence-corrected chi connectivity index (χ1v) is 4.63. The number of pyridine rings is 2. The molecule has 0 amide bonds. The Morgan fingerprint density at radius 2 is 1.06 bits per heavy atom. The Kier molecular flexibility index (Phi) is 10.1. The molecule has 0 aliphatic rings. The predicted octanol–water partition coefficient (Wildman–Crippen LogP) is -3.23. The monoisotopic (exact) mass is 448 g/mol. The number of rotatable bonds is 1. The van der Waals surface area contributed by atoms with E-state index in [0.29, 0.717) is 0 Å². The van der Waals surface area contributed by atoms with E-state index >= 15 is 0 Å². The van der Waals surface area contributed by atoms with Crippen LogP contribution >= 0.6 is 0 Å². The quantitative estimate of drug-likeness (QED) is 0.427. The molecule has 0 aromatic carbocycles. The van der Waals surface area contributed by atoms with Crippen molar-refractivity contribution in [1.29, 1.82) is 0 Å². The normalized spacial score (nSPS) is 8.35. The molecule has 0 aliphatic heterocycles. The summed E-state index contributed by atoms with van der Waals surface area (Å²) in [6, 6.07) is 11.9. The predicted molar refractivity (Wildman–Crippen MR) is 56.9 cm³/mol. The number of aryl methyl sites for hydroxylation is 2. The van der Waals surface area contributed by atoms with E-state index in [1.54, 1.807) is 0 Å². The van der Waals surface area contributed by atoms with Gasteiger partial charge in [-0.2, -0.15) is 0 Å². The summed E-state index contributed by atoms with van der Waals surface area (Å²) >= 11 is 0. The van der Waals surface area contributed by atoms with Gasteiger partial charge in [-0.3, -0.25) is 9.97 Å². The number of hydrogen-bond donors (Lipinski definition) is 0. The Hall–Kier alpha value is -0.0777. The summed E-state index contributed by atoms with van der Waals surface area (Å²) in [5.74, 6) is 0. The molecule has 0 radical (unpaired) electrons. The first-order valence-electron chi connectivity index (χ1n) is 4.63. The number of aromatic nitrogens is 2. The van der Waals surface area contributed by atoms with Crippen molar-refractivity contribution in [3.05, 3.63) is 47.8 Å². The molecule has 2 aromatic heterocycles. The second kappa shape index (κ2) is 8.93. The molecule has 0 saturated heterocycles. The average molecular weight is 450 g/mol. The van der Waals surface area contributed by atoms with Crippen molar-refractivity contribution in [2.45, 2.75) is 13.8 Å². The third-order valence-corrected chi connectivity index (χ3v) is 2.04. The van der Waals surface area contributed by atoms with E-state index in [1.165, 1.54) is 0 Å².